The van der Waals surface area contributed by atoms with Gasteiger partial charge in [0.1, 0.15) is 17.8 Å². The Morgan fingerprint density at radius 3 is 2.65 bits per heavy atom. The third-order valence-corrected chi connectivity index (χ3v) is 9.85. The van der Waals surface area contributed by atoms with Crippen molar-refractivity contribution >= 4 is 50.7 Å². The van der Waals surface area contributed by atoms with Gasteiger partial charge in [0, 0.05) is 36.8 Å². The van der Waals surface area contributed by atoms with E-state index >= 15 is 0 Å². The second-order valence-corrected chi connectivity index (χ2v) is 14.6. The van der Waals surface area contributed by atoms with Crippen LogP contribution < -0.4 is 15.8 Å². The number of nitrogens with zero attached hydrogens (tertiary/aromatic N) is 7. The molecular weight excluding hydrogens is 628 g/mol. The fraction of sp³-hybridized carbons (Fsp3) is 0.389. The summed E-state index contributed by atoms with van der Waals surface area (Å²) in [6, 6.07) is 12.2. The van der Waals surface area contributed by atoms with Crippen LogP contribution in [0, 0.1) is 22.7 Å². The number of anilines is 2. The number of carbonyl (C=O) groups is 1. The zero-order valence-corrected chi connectivity index (χ0v) is 28.4. The third kappa shape index (κ3) is 5.24. The lowest BCUT2D eigenvalue weighted by Crippen LogP contribution is -2.59. The first kappa shape index (κ1) is 31.6. The molecule has 1 N–H and O–H groups in total. The number of aromatic nitrogens is 5. The van der Waals surface area contributed by atoms with Gasteiger partial charge >= 0.3 is 6.09 Å². The topological polar surface area (TPSA) is 131 Å². The zero-order chi connectivity index (χ0) is 34.0. The van der Waals surface area contributed by atoms with Crippen molar-refractivity contribution in [3.05, 3.63) is 87.2 Å². The Bertz CT molecular complexity index is 2180. The average molecular weight is 665 g/mol. The number of fused-ring (bicyclic) bond motifs is 2. The van der Waals surface area contributed by atoms with Gasteiger partial charge in [0.25, 0.3) is 5.56 Å². The molecule has 0 spiro atoms. The highest BCUT2D eigenvalue weighted by atomic mass is 35.5. The van der Waals surface area contributed by atoms with Gasteiger partial charge in [0.2, 0.25) is 0 Å². The van der Waals surface area contributed by atoms with Crippen LogP contribution >= 0.6 is 11.6 Å². The Balaban J connectivity index is 1.48. The normalized spacial score (nSPS) is 18.9. The van der Waals surface area contributed by atoms with E-state index in [0.29, 0.717) is 61.4 Å². The maximum absolute atomic E-state index is 14.2. The first-order valence-electron chi connectivity index (χ1n) is 16.2. The predicted molar refractivity (Wildman–Crippen MR) is 185 cm³/mol. The second kappa shape index (κ2) is 11.6. The van der Waals surface area contributed by atoms with Gasteiger partial charge in [-0.25, -0.2) is 9.48 Å². The lowest BCUT2D eigenvalue weighted by Gasteiger charge is -2.61. The number of hydrogen-bond acceptors (Lipinski definition) is 8. The van der Waals surface area contributed by atoms with Crippen molar-refractivity contribution < 1.29 is 9.53 Å². The quantitative estimate of drug-likeness (QED) is 0.189. The van der Waals surface area contributed by atoms with E-state index in [1.54, 1.807) is 38.4 Å². The number of amides is 1. The summed E-state index contributed by atoms with van der Waals surface area (Å²) in [5.41, 5.74) is 2.72. The van der Waals surface area contributed by atoms with Gasteiger partial charge < -0.3 is 14.6 Å². The van der Waals surface area contributed by atoms with E-state index in [1.807, 2.05) is 29.1 Å². The molecule has 0 unspecified atom stereocenters. The monoisotopic (exact) mass is 664 g/mol. The molecule has 48 heavy (non-hydrogen) atoms. The molecule has 246 valence electrons. The molecule has 0 aliphatic heterocycles. The van der Waals surface area contributed by atoms with E-state index in [4.69, 9.17) is 16.3 Å². The van der Waals surface area contributed by atoms with Gasteiger partial charge in [-0.05, 0) is 72.7 Å². The molecule has 2 aromatic carbocycles. The predicted octanol–water partition coefficient (Wildman–Crippen LogP) is 6.92. The maximum atomic E-state index is 14.2. The third-order valence-electron chi connectivity index (χ3n) is 9.56. The molecule has 2 bridgehead atoms. The van der Waals surface area contributed by atoms with Crippen LogP contribution in [0.4, 0.5) is 16.2 Å². The van der Waals surface area contributed by atoms with E-state index in [2.05, 4.69) is 47.5 Å². The first-order chi connectivity index (χ1) is 22.9. The van der Waals surface area contributed by atoms with Crippen LogP contribution in [0.25, 0.3) is 21.7 Å². The Morgan fingerprint density at radius 1 is 1.21 bits per heavy atom. The van der Waals surface area contributed by atoms with Crippen LogP contribution in [0.1, 0.15) is 69.8 Å². The maximum Gasteiger partial charge on any atom is 0.415 e. The number of aryl methyl sites for hydroxylation is 1. The van der Waals surface area contributed by atoms with Crippen molar-refractivity contribution in [1.82, 2.24) is 24.5 Å². The van der Waals surface area contributed by atoms with E-state index in [-0.39, 0.29) is 23.1 Å². The zero-order valence-electron chi connectivity index (χ0n) is 27.6. The standard InChI is InChI=1S/C36H37ClN8O3/c1-6-48-34(47)45(23-12-27-30(40-20-35(2,3)4)22(17-38)18-39-31(27)28(37)13-23)32(29-19-44(42-41-29)36-14-21(15-36)16-36)25-8-7-9-26-24(25)10-11-43(5)33(26)46/h7-13,18-19,21,32H,6,14-16,20H2,1-5H3,(H,39,40)/t21?,32-,36?/m0/s1. The van der Waals surface area contributed by atoms with Crippen LogP contribution in [0.15, 0.2) is 59.8 Å². The Hall–Kier alpha value is -4.95. The van der Waals surface area contributed by atoms with Gasteiger partial charge in [0.05, 0.1) is 45.8 Å². The van der Waals surface area contributed by atoms with E-state index in [9.17, 15) is 14.9 Å². The Morgan fingerprint density at radius 2 is 1.98 bits per heavy atom. The van der Waals surface area contributed by atoms with Crippen molar-refractivity contribution in [3.8, 4) is 6.07 Å². The molecule has 3 saturated carbocycles. The largest absolute Gasteiger partial charge is 0.449 e. The summed E-state index contributed by atoms with van der Waals surface area (Å²) in [4.78, 5) is 33.6. The minimum atomic E-state index is -0.854. The van der Waals surface area contributed by atoms with Gasteiger partial charge in [0.15, 0.2) is 0 Å². The lowest BCUT2D eigenvalue weighted by atomic mass is 9.50. The fourth-order valence-electron chi connectivity index (χ4n) is 6.98. The molecule has 3 aliphatic carbocycles. The first-order valence-corrected chi connectivity index (χ1v) is 16.5. The number of rotatable bonds is 8. The number of halogens is 1. The van der Waals surface area contributed by atoms with E-state index in [1.165, 1.54) is 15.7 Å². The number of nitriles is 1. The summed E-state index contributed by atoms with van der Waals surface area (Å²) in [7, 11) is 1.71. The summed E-state index contributed by atoms with van der Waals surface area (Å²) < 4.78 is 9.17. The number of nitrogens with one attached hydrogen (secondary N) is 1. The van der Waals surface area contributed by atoms with Gasteiger partial charge in [-0.15, -0.1) is 5.10 Å². The minimum Gasteiger partial charge on any atom is -0.449 e. The molecule has 8 rings (SSSR count). The molecule has 5 aromatic rings. The average Bonchev–Trinajstić information content (AvgIpc) is 3.47. The van der Waals surface area contributed by atoms with E-state index in [0.717, 1.165) is 25.2 Å². The molecule has 0 radical (unpaired) electrons. The highest BCUT2D eigenvalue weighted by molar-refractivity contribution is 6.36. The van der Waals surface area contributed by atoms with Crippen LogP contribution in [0.3, 0.4) is 0 Å². The summed E-state index contributed by atoms with van der Waals surface area (Å²) in [6.07, 6.45) is 7.69. The summed E-state index contributed by atoms with van der Waals surface area (Å²) in [5.74, 6) is 0.728. The molecule has 12 heteroatoms. The molecule has 3 aromatic heterocycles. The lowest BCUT2D eigenvalue weighted by molar-refractivity contribution is -0.0989. The second-order valence-electron chi connectivity index (χ2n) is 14.2. The summed E-state index contributed by atoms with van der Waals surface area (Å²) in [6.45, 7) is 8.73. The summed E-state index contributed by atoms with van der Waals surface area (Å²) in [5, 5.41) is 24.8. The molecule has 1 atom stereocenters. The molecule has 11 nitrogen and oxygen atoms in total. The molecule has 3 aliphatic rings. The molecule has 0 saturated heterocycles. The molecule has 3 heterocycles. The van der Waals surface area contributed by atoms with Gasteiger partial charge in [-0.2, -0.15) is 5.26 Å². The number of benzene rings is 2. The fourth-order valence-corrected chi connectivity index (χ4v) is 7.24. The Kier molecular flexibility index (Phi) is 7.67. The van der Waals surface area contributed by atoms with E-state index < -0.39 is 12.1 Å². The number of ether oxygens (including phenoxy) is 1. The minimum absolute atomic E-state index is 0.0385. The van der Waals surface area contributed by atoms with Crippen LogP contribution in [0.2, 0.25) is 5.02 Å². The number of hydrogen-bond donors (Lipinski definition) is 1. The highest BCUT2D eigenvalue weighted by Crippen LogP contribution is 2.62. The van der Waals surface area contributed by atoms with Crippen molar-refractivity contribution in [2.45, 2.75) is 58.5 Å². The molecule has 1 amide bonds. The smallest absolute Gasteiger partial charge is 0.415 e. The number of pyridine rings is 2. The highest BCUT2D eigenvalue weighted by Gasteiger charge is 2.59. The number of carbonyl (C=O) groups excluding carboxylic acids is 1. The van der Waals surface area contributed by atoms with Crippen LogP contribution in [-0.4, -0.2) is 43.8 Å². The molecule has 3 fully saturated rings. The SMILES string of the molecule is CCOC(=O)N(c1cc(Cl)c2ncc(C#N)c(NCC(C)(C)C)c2c1)[C@H](c1cn(C23CC(C2)C3)nn1)c1cccc2c(=O)n(C)ccc12. The van der Waals surface area contributed by atoms with Crippen LogP contribution in [0.5, 0.6) is 0 Å². The Labute approximate surface area is 283 Å². The van der Waals surface area contributed by atoms with Gasteiger partial charge in [-0.1, -0.05) is 49.7 Å². The van der Waals surface area contributed by atoms with Crippen molar-refractivity contribution in [2.75, 3.05) is 23.4 Å². The van der Waals surface area contributed by atoms with Gasteiger partial charge in [-0.3, -0.25) is 14.7 Å². The van der Waals surface area contributed by atoms with Crippen LogP contribution in [-0.2, 0) is 17.3 Å². The van der Waals surface area contributed by atoms with Crippen molar-refractivity contribution in [3.63, 3.8) is 0 Å². The van der Waals surface area contributed by atoms with Crippen molar-refractivity contribution in [1.29, 1.82) is 5.26 Å². The molecular formula is C36H37ClN8O3. The summed E-state index contributed by atoms with van der Waals surface area (Å²) >= 11 is 6.94. The van der Waals surface area contributed by atoms with Crippen molar-refractivity contribution in [2.24, 2.45) is 18.4 Å².